The van der Waals surface area contributed by atoms with Crippen molar-refractivity contribution in [2.45, 2.75) is 52.1 Å². The van der Waals surface area contributed by atoms with Crippen LogP contribution in [0, 0.1) is 5.92 Å². The van der Waals surface area contributed by atoms with Gasteiger partial charge in [-0.05, 0) is 50.0 Å². The number of hydrogen-bond acceptors (Lipinski definition) is 3. The van der Waals surface area contributed by atoms with Crippen molar-refractivity contribution in [2.75, 3.05) is 19.6 Å². The van der Waals surface area contributed by atoms with Crippen LogP contribution in [0.4, 0.5) is 0 Å². The fourth-order valence-corrected chi connectivity index (χ4v) is 4.48. The predicted octanol–water partition coefficient (Wildman–Crippen LogP) is 3.43. The number of nitrogens with two attached hydrogens (primary N) is 2. The minimum atomic E-state index is -0.211. The maximum atomic E-state index is 6.82. The number of nitrogens with one attached hydrogen (secondary N) is 1. The molecule has 0 amide bonds. The van der Waals surface area contributed by atoms with Crippen molar-refractivity contribution in [3.8, 4) is 0 Å². The van der Waals surface area contributed by atoms with E-state index in [1.807, 2.05) is 0 Å². The Kier molecular flexibility index (Phi) is 6.44. The molecular weight excluding hydrogens is 296 g/mol. The molecule has 24 heavy (non-hydrogen) atoms. The van der Waals surface area contributed by atoms with Gasteiger partial charge in [-0.25, -0.2) is 0 Å². The van der Waals surface area contributed by atoms with E-state index in [1.165, 1.54) is 16.5 Å². The molecule has 134 valence electrons. The Labute approximate surface area is 146 Å². The lowest BCUT2D eigenvalue weighted by Gasteiger charge is -2.51. The van der Waals surface area contributed by atoms with Crippen LogP contribution < -0.4 is 11.5 Å². The van der Waals surface area contributed by atoms with Crippen LogP contribution in [0.3, 0.4) is 0 Å². The maximum Gasteiger partial charge on any atom is 0.0659 e. The molecule has 0 saturated carbocycles. The van der Waals surface area contributed by atoms with Crippen LogP contribution in [0.5, 0.6) is 0 Å². The molecule has 5 N–H and O–H groups in total. The summed E-state index contributed by atoms with van der Waals surface area (Å²) in [7, 11) is 0. The van der Waals surface area contributed by atoms with E-state index in [0.717, 1.165) is 25.9 Å². The van der Waals surface area contributed by atoms with Crippen LogP contribution in [0.15, 0.2) is 30.5 Å². The average molecular weight is 331 g/mol. The highest BCUT2D eigenvalue weighted by Crippen LogP contribution is 2.44. The van der Waals surface area contributed by atoms with Gasteiger partial charge in [0.15, 0.2) is 0 Å². The van der Waals surface area contributed by atoms with Crippen molar-refractivity contribution in [1.82, 2.24) is 9.88 Å². The Balaban J connectivity index is 2.76. The van der Waals surface area contributed by atoms with Gasteiger partial charge in [0.05, 0.1) is 5.54 Å². The lowest BCUT2D eigenvalue weighted by atomic mass is 9.70. The van der Waals surface area contributed by atoms with E-state index in [2.05, 4.69) is 68.0 Å². The summed E-state index contributed by atoms with van der Waals surface area (Å²) in [5, 5.41) is 1.28. The standard InChI is InChI=1S/C20H34N4/c1-5-19(22)20(15(4)12-13-21,24(6-2)7-3)17-14-23-18-11-9-8-10-16(17)18/h8-11,14-15,19,23H,5-7,12-13,21-22H2,1-4H3. The van der Waals surface area contributed by atoms with E-state index in [4.69, 9.17) is 11.5 Å². The third-order valence-corrected chi connectivity index (χ3v) is 5.66. The van der Waals surface area contributed by atoms with Crippen LogP contribution in [0.2, 0.25) is 0 Å². The third-order valence-electron chi connectivity index (χ3n) is 5.66. The third kappa shape index (κ3) is 2.99. The second-order valence-electron chi connectivity index (χ2n) is 6.74. The summed E-state index contributed by atoms with van der Waals surface area (Å²) in [6, 6.07) is 8.58. The molecule has 3 unspecified atom stereocenters. The summed E-state index contributed by atoms with van der Waals surface area (Å²) in [4.78, 5) is 6.00. The lowest BCUT2D eigenvalue weighted by Crippen LogP contribution is -2.61. The van der Waals surface area contributed by atoms with Gasteiger partial charge in [0.25, 0.3) is 0 Å². The molecule has 2 rings (SSSR count). The monoisotopic (exact) mass is 330 g/mol. The van der Waals surface area contributed by atoms with Gasteiger partial charge in [-0.2, -0.15) is 0 Å². The van der Waals surface area contributed by atoms with Gasteiger partial charge in [-0.3, -0.25) is 4.90 Å². The molecule has 1 aromatic carbocycles. The second kappa shape index (κ2) is 8.15. The van der Waals surface area contributed by atoms with Crippen LogP contribution in [0.1, 0.15) is 46.1 Å². The highest BCUT2D eigenvalue weighted by molar-refractivity contribution is 5.84. The molecule has 1 heterocycles. The summed E-state index contributed by atoms with van der Waals surface area (Å²) in [6.07, 6.45) is 4.07. The highest BCUT2D eigenvalue weighted by Gasteiger charge is 2.47. The van der Waals surface area contributed by atoms with Crippen molar-refractivity contribution in [1.29, 1.82) is 0 Å². The summed E-state index contributed by atoms with van der Waals surface area (Å²) >= 11 is 0. The van der Waals surface area contributed by atoms with E-state index in [9.17, 15) is 0 Å². The Hall–Kier alpha value is -1.36. The molecule has 1 aromatic heterocycles. The smallest absolute Gasteiger partial charge is 0.0659 e. The number of nitrogens with zero attached hydrogens (tertiary/aromatic N) is 1. The molecule has 0 spiro atoms. The van der Waals surface area contributed by atoms with Crippen LogP contribution in [-0.4, -0.2) is 35.6 Å². The van der Waals surface area contributed by atoms with Gasteiger partial charge in [0.1, 0.15) is 0 Å². The molecule has 0 aliphatic carbocycles. The lowest BCUT2D eigenvalue weighted by molar-refractivity contribution is 0.0148. The van der Waals surface area contributed by atoms with Gasteiger partial charge in [-0.1, -0.05) is 45.9 Å². The maximum absolute atomic E-state index is 6.82. The first-order valence-electron chi connectivity index (χ1n) is 9.34. The van der Waals surface area contributed by atoms with Crippen molar-refractivity contribution >= 4 is 10.9 Å². The average Bonchev–Trinajstić information content (AvgIpc) is 3.03. The number of H-pyrrole nitrogens is 1. The Morgan fingerprint density at radius 3 is 2.42 bits per heavy atom. The Morgan fingerprint density at radius 2 is 1.83 bits per heavy atom. The number of aromatic nitrogens is 1. The number of para-hydroxylation sites is 1. The van der Waals surface area contributed by atoms with E-state index in [1.54, 1.807) is 0 Å². The molecule has 0 fully saturated rings. The molecular formula is C20H34N4. The zero-order valence-corrected chi connectivity index (χ0v) is 15.7. The molecule has 0 radical (unpaired) electrons. The fourth-order valence-electron chi connectivity index (χ4n) is 4.48. The normalized spacial score (nSPS) is 17.1. The van der Waals surface area contributed by atoms with Crippen molar-refractivity contribution < 1.29 is 0 Å². The minimum Gasteiger partial charge on any atom is -0.361 e. The summed E-state index contributed by atoms with van der Waals surface area (Å²) in [5.41, 5.74) is 15.1. The molecule has 0 bridgehead atoms. The zero-order chi connectivity index (χ0) is 17.7. The zero-order valence-electron chi connectivity index (χ0n) is 15.7. The van der Waals surface area contributed by atoms with Gasteiger partial charge >= 0.3 is 0 Å². The second-order valence-corrected chi connectivity index (χ2v) is 6.74. The topological polar surface area (TPSA) is 71.1 Å². The summed E-state index contributed by atoms with van der Waals surface area (Å²) < 4.78 is 0. The quantitative estimate of drug-likeness (QED) is 0.659. The number of rotatable bonds is 9. The van der Waals surface area contributed by atoms with Crippen molar-refractivity contribution in [3.05, 3.63) is 36.0 Å². The van der Waals surface area contributed by atoms with Crippen LogP contribution in [-0.2, 0) is 5.54 Å². The first kappa shape index (κ1) is 19.0. The largest absolute Gasteiger partial charge is 0.361 e. The molecule has 4 nitrogen and oxygen atoms in total. The molecule has 4 heteroatoms. The molecule has 3 atom stereocenters. The number of likely N-dealkylation sites (N-methyl/N-ethyl adjacent to an activating group) is 1. The minimum absolute atomic E-state index is 0.0538. The van der Waals surface area contributed by atoms with Gasteiger partial charge < -0.3 is 16.5 Å². The van der Waals surface area contributed by atoms with Crippen LogP contribution in [0.25, 0.3) is 10.9 Å². The number of hydrogen-bond donors (Lipinski definition) is 3. The Bertz CT molecular complexity index is 631. The van der Waals surface area contributed by atoms with Crippen molar-refractivity contribution in [2.24, 2.45) is 17.4 Å². The van der Waals surface area contributed by atoms with E-state index >= 15 is 0 Å². The fraction of sp³-hybridized carbons (Fsp3) is 0.600. The SMILES string of the molecule is CCC(N)C(c1c[nH]c2ccccc12)(C(C)CCN)N(CC)CC. The van der Waals surface area contributed by atoms with E-state index < -0.39 is 0 Å². The molecule has 0 saturated heterocycles. The van der Waals surface area contributed by atoms with Gasteiger partial charge in [0.2, 0.25) is 0 Å². The molecule has 0 aliphatic rings. The van der Waals surface area contributed by atoms with E-state index in [-0.39, 0.29) is 11.6 Å². The number of benzene rings is 1. The first-order valence-corrected chi connectivity index (χ1v) is 9.34. The predicted molar refractivity (Wildman–Crippen MR) is 104 cm³/mol. The molecule has 0 aliphatic heterocycles. The van der Waals surface area contributed by atoms with Gasteiger partial charge in [-0.15, -0.1) is 0 Å². The Morgan fingerprint density at radius 1 is 1.17 bits per heavy atom. The summed E-state index contributed by atoms with van der Waals surface area (Å²) in [6.45, 7) is 11.6. The van der Waals surface area contributed by atoms with Crippen molar-refractivity contribution in [3.63, 3.8) is 0 Å². The van der Waals surface area contributed by atoms with Crippen LogP contribution >= 0.6 is 0 Å². The number of fused-ring (bicyclic) bond motifs is 1. The molecule has 2 aromatic rings. The van der Waals surface area contributed by atoms with Gasteiger partial charge in [0, 0.05) is 23.1 Å². The number of aromatic amines is 1. The highest BCUT2D eigenvalue weighted by atomic mass is 15.2. The van der Waals surface area contributed by atoms with E-state index in [0.29, 0.717) is 12.5 Å². The first-order chi connectivity index (χ1) is 11.6. The summed E-state index contributed by atoms with van der Waals surface area (Å²) in [5.74, 6) is 0.372.